The lowest BCUT2D eigenvalue weighted by Crippen LogP contribution is -2.36. The normalized spacial score (nSPS) is 16.1. The maximum absolute atomic E-state index is 12.8. The van der Waals surface area contributed by atoms with E-state index < -0.39 is 39.0 Å². The zero-order chi connectivity index (χ0) is 22.0. The number of amides is 2. The van der Waals surface area contributed by atoms with E-state index >= 15 is 0 Å². The van der Waals surface area contributed by atoms with Crippen molar-refractivity contribution in [3.05, 3.63) is 68.3 Å². The Morgan fingerprint density at radius 1 is 1.07 bits per heavy atom. The molecule has 1 atom stereocenters. The molecule has 0 unspecified atom stereocenters. The Hall–Kier alpha value is -4.02. The fraction of sp³-hybridized carbons (Fsp3) is 0.263. The van der Waals surface area contributed by atoms with Crippen molar-refractivity contribution in [1.82, 2.24) is 5.01 Å². The number of rotatable bonds is 7. The van der Waals surface area contributed by atoms with Crippen LogP contribution < -0.4 is 10.2 Å². The van der Waals surface area contributed by atoms with Crippen LogP contribution in [0.2, 0.25) is 0 Å². The van der Waals surface area contributed by atoms with Gasteiger partial charge in [0.2, 0.25) is 5.91 Å². The zero-order valence-corrected chi connectivity index (χ0v) is 16.1. The highest BCUT2D eigenvalue weighted by Crippen LogP contribution is 2.34. The van der Waals surface area contributed by atoms with Gasteiger partial charge in [0.05, 0.1) is 27.9 Å². The Kier molecular flexibility index (Phi) is 5.63. The number of nitrogens with zero attached hydrogens (tertiary/aromatic N) is 3. The number of carbonyl (C=O) groups excluding carboxylic acids is 2. The van der Waals surface area contributed by atoms with E-state index in [0.717, 1.165) is 18.2 Å². The van der Waals surface area contributed by atoms with Crippen LogP contribution in [0.3, 0.4) is 0 Å². The smallest absolute Gasteiger partial charge is 0.300 e. The van der Waals surface area contributed by atoms with Gasteiger partial charge in [-0.2, -0.15) is 5.01 Å². The first-order chi connectivity index (χ1) is 14.2. The Balaban J connectivity index is 1.82. The Morgan fingerprint density at radius 2 is 1.73 bits per heavy atom. The van der Waals surface area contributed by atoms with Crippen molar-refractivity contribution in [2.24, 2.45) is 0 Å². The van der Waals surface area contributed by atoms with Crippen LogP contribution in [0.5, 0.6) is 5.75 Å². The number of imide groups is 1. The highest BCUT2D eigenvalue weighted by molar-refractivity contribution is 6.07. The molecule has 2 aromatic carbocycles. The molecule has 2 aromatic rings. The molecule has 11 nitrogen and oxygen atoms in total. The molecule has 0 saturated carbocycles. The molecule has 1 aliphatic rings. The number of ether oxygens (including phenoxy) is 1. The zero-order valence-electron chi connectivity index (χ0n) is 16.1. The van der Waals surface area contributed by atoms with Gasteiger partial charge in [0.25, 0.3) is 11.6 Å². The molecule has 1 saturated heterocycles. The van der Waals surface area contributed by atoms with Crippen LogP contribution >= 0.6 is 0 Å². The second kappa shape index (κ2) is 8.15. The van der Waals surface area contributed by atoms with Crippen LogP contribution in [-0.2, 0) is 9.59 Å². The van der Waals surface area contributed by atoms with Crippen LogP contribution in [0.1, 0.15) is 31.7 Å². The molecule has 0 bridgehead atoms. The number of nitrogens with one attached hydrogen (secondary N) is 1. The number of nitro groups is 2. The van der Waals surface area contributed by atoms with Gasteiger partial charge in [-0.1, -0.05) is 12.1 Å². The van der Waals surface area contributed by atoms with E-state index in [9.17, 15) is 29.8 Å². The summed E-state index contributed by atoms with van der Waals surface area (Å²) in [4.78, 5) is 45.7. The van der Waals surface area contributed by atoms with Gasteiger partial charge in [-0.3, -0.25) is 35.2 Å². The number of anilines is 1. The fourth-order valence-corrected chi connectivity index (χ4v) is 3.06. The number of nitro benzene ring substituents is 2. The Labute approximate surface area is 170 Å². The van der Waals surface area contributed by atoms with Crippen molar-refractivity contribution in [3.8, 4) is 5.75 Å². The summed E-state index contributed by atoms with van der Waals surface area (Å²) < 4.78 is 5.56. The monoisotopic (exact) mass is 414 g/mol. The maximum atomic E-state index is 12.8. The van der Waals surface area contributed by atoms with Gasteiger partial charge in [0.1, 0.15) is 11.4 Å². The number of benzene rings is 2. The average Bonchev–Trinajstić information content (AvgIpc) is 2.96. The number of hydrazine groups is 1. The third-order valence-electron chi connectivity index (χ3n) is 4.42. The van der Waals surface area contributed by atoms with Crippen molar-refractivity contribution in [3.63, 3.8) is 0 Å². The lowest BCUT2D eigenvalue weighted by atomic mass is 9.97. The van der Waals surface area contributed by atoms with Gasteiger partial charge in [0.15, 0.2) is 0 Å². The highest BCUT2D eigenvalue weighted by Gasteiger charge is 2.40. The third-order valence-corrected chi connectivity index (χ3v) is 4.42. The molecule has 1 aliphatic heterocycles. The van der Waals surface area contributed by atoms with Crippen molar-refractivity contribution < 1.29 is 24.2 Å². The molecule has 156 valence electrons. The van der Waals surface area contributed by atoms with Crippen molar-refractivity contribution in [2.45, 2.75) is 32.3 Å². The molecule has 0 radical (unpaired) electrons. The first-order valence-electron chi connectivity index (χ1n) is 9.00. The van der Waals surface area contributed by atoms with E-state index in [1.807, 2.05) is 13.8 Å². The molecular weight excluding hydrogens is 396 g/mol. The summed E-state index contributed by atoms with van der Waals surface area (Å²) in [6, 6.07) is 9.66. The molecule has 0 aromatic heterocycles. The Bertz CT molecular complexity index is 1020. The van der Waals surface area contributed by atoms with E-state index in [1.54, 1.807) is 24.3 Å². The van der Waals surface area contributed by atoms with Crippen LogP contribution in [0, 0.1) is 20.2 Å². The summed E-state index contributed by atoms with van der Waals surface area (Å²) in [5.41, 5.74) is 1.74. The molecule has 1 fully saturated rings. The van der Waals surface area contributed by atoms with E-state index in [0.29, 0.717) is 16.3 Å². The molecule has 30 heavy (non-hydrogen) atoms. The fourth-order valence-electron chi connectivity index (χ4n) is 3.06. The number of non-ortho nitro benzene ring substituents is 1. The molecule has 0 spiro atoms. The molecule has 1 N–H and O–H groups in total. The van der Waals surface area contributed by atoms with Crippen molar-refractivity contribution >= 4 is 28.9 Å². The molecule has 11 heteroatoms. The number of hydrogen-bond acceptors (Lipinski definition) is 8. The molecule has 1 heterocycles. The summed E-state index contributed by atoms with van der Waals surface area (Å²) in [7, 11) is 0. The molecular formula is C19H18N4O7. The quantitative estimate of drug-likeness (QED) is 0.413. The predicted molar refractivity (Wildman–Crippen MR) is 105 cm³/mol. The van der Waals surface area contributed by atoms with Gasteiger partial charge >= 0.3 is 5.69 Å². The lowest BCUT2D eigenvalue weighted by molar-refractivity contribution is -0.393. The first kappa shape index (κ1) is 20.7. The van der Waals surface area contributed by atoms with E-state index in [1.165, 1.54) is 0 Å². The Morgan fingerprint density at radius 3 is 2.30 bits per heavy atom. The largest absolute Gasteiger partial charge is 0.491 e. The lowest BCUT2D eigenvalue weighted by Gasteiger charge is -2.17. The third kappa shape index (κ3) is 4.19. The number of carbonyl (C=O) groups is 2. The van der Waals surface area contributed by atoms with Gasteiger partial charge in [-0.05, 0) is 37.6 Å². The minimum absolute atomic E-state index is 0.0114. The summed E-state index contributed by atoms with van der Waals surface area (Å²) >= 11 is 0. The van der Waals surface area contributed by atoms with Gasteiger partial charge < -0.3 is 4.74 Å². The minimum Gasteiger partial charge on any atom is -0.491 e. The predicted octanol–water partition coefficient (Wildman–Crippen LogP) is 3.16. The van der Waals surface area contributed by atoms with E-state index in [2.05, 4.69) is 5.43 Å². The van der Waals surface area contributed by atoms with Gasteiger partial charge in [-0.15, -0.1) is 0 Å². The van der Waals surface area contributed by atoms with E-state index in [-0.39, 0.29) is 18.2 Å². The summed E-state index contributed by atoms with van der Waals surface area (Å²) in [5.74, 6) is -1.28. The molecule has 3 rings (SSSR count). The minimum atomic E-state index is -0.828. The maximum Gasteiger partial charge on any atom is 0.300 e. The SMILES string of the molecule is CC(C)Oc1ccc([C@H]2CC(=O)N(Nc3ccc([N+](=O)[O-])cc3[N+](=O)[O-])C2=O)cc1. The summed E-state index contributed by atoms with van der Waals surface area (Å²) in [6.45, 7) is 3.77. The second-order valence-corrected chi connectivity index (χ2v) is 6.89. The molecule has 2 amide bonds. The first-order valence-corrected chi connectivity index (χ1v) is 9.00. The van der Waals surface area contributed by atoms with Crippen LogP contribution in [0.15, 0.2) is 42.5 Å². The number of hydrogen-bond donors (Lipinski definition) is 1. The van der Waals surface area contributed by atoms with Crippen LogP contribution in [0.25, 0.3) is 0 Å². The van der Waals surface area contributed by atoms with Crippen LogP contribution in [0.4, 0.5) is 17.1 Å². The van der Waals surface area contributed by atoms with Gasteiger partial charge in [0, 0.05) is 12.5 Å². The van der Waals surface area contributed by atoms with Crippen LogP contribution in [-0.4, -0.2) is 32.8 Å². The summed E-state index contributed by atoms with van der Waals surface area (Å²) in [6.07, 6.45) is -0.125. The standard InChI is InChI=1S/C19H18N4O7/c1-11(2)30-14-6-3-12(4-7-14)15-10-18(24)21(19(15)25)20-16-8-5-13(22(26)27)9-17(16)23(28)29/h3-9,11,15,20H,10H2,1-2H3/t15-/m1/s1. The van der Waals surface area contributed by atoms with Crippen molar-refractivity contribution in [1.29, 1.82) is 0 Å². The highest BCUT2D eigenvalue weighted by atomic mass is 16.6. The van der Waals surface area contributed by atoms with Gasteiger partial charge in [-0.25, -0.2) is 0 Å². The average molecular weight is 414 g/mol. The molecule has 0 aliphatic carbocycles. The van der Waals surface area contributed by atoms with E-state index in [4.69, 9.17) is 4.74 Å². The van der Waals surface area contributed by atoms with Crippen molar-refractivity contribution in [2.75, 3.05) is 5.43 Å². The summed E-state index contributed by atoms with van der Waals surface area (Å²) in [5, 5.41) is 22.8. The topological polar surface area (TPSA) is 145 Å². The second-order valence-electron chi connectivity index (χ2n) is 6.89.